The van der Waals surface area contributed by atoms with E-state index >= 15 is 0 Å². The fourth-order valence-electron chi connectivity index (χ4n) is 3.89. The Morgan fingerprint density at radius 2 is 1.56 bits per heavy atom. The van der Waals surface area contributed by atoms with Gasteiger partial charge in [-0.25, -0.2) is 0 Å². The molecule has 0 unspecified atom stereocenters. The Labute approximate surface area is 204 Å². The number of carbonyl (C=O) groups excluding carboxylic acids is 1. The molecule has 34 heavy (non-hydrogen) atoms. The summed E-state index contributed by atoms with van der Waals surface area (Å²) in [5.74, 6) is 1.27. The van der Waals surface area contributed by atoms with E-state index in [-0.39, 0.29) is 11.9 Å². The lowest BCUT2D eigenvalue weighted by Gasteiger charge is -2.24. The number of amides is 1. The predicted octanol–water partition coefficient (Wildman–Crippen LogP) is 6.84. The molecule has 1 heterocycles. The lowest BCUT2D eigenvalue weighted by molar-refractivity contribution is 0.102. The number of anilines is 2. The zero-order chi connectivity index (χ0) is 24.1. The Hall–Kier alpha value is -3.77. The van der Waals surface area contributed by atoms with Gasteiger partial charge in [0.1, 0.15) is 16.5 Å². The summed E-state index contributed by atoms with van der Waals surface area (Å²) in [6, 6.07) is 25.0. The number of benzene rings is 3. The Morgan fingerprint density at radius 1 is 0.882 bits per heavy atom. The SMILES string of the molecule is COc1ccc(N[C@H](c2ccccc2)c2c(NC(=O)c3ccccc3)sc(C)c2C)c(OC)c1. The molecule has 0 bridgehead atoms. The van der Waals surface area contributed by atoms with Crippen molar-refractivity contribution >= 4 is 27.9 Å². The number of aryl methyl sites for hydroxylation is 1. The summed E-state index contributed by atoms with van der Waals surface area (Å²) in [5.41, 5.74) is 4.72. The molecule has 2 N–H and O–H groups in total. The summed E-state index contributed by atoms with van der Waals surface area (Å²) >= 11 is 1.59. The average molecular weight is 473 g/mol. The van der Waals surface area contributed by atoms with Crippen LogP contribution in [0, 0.1) is 13.8 Å². The van der Waals surface area contributed by atoms with Crippen molar-refractivity contribution in [2.24, 2.45) is 0 Å². The van der Waals surface area contributed by atoms with E-state index in [0.717, 1.165) is 38.0 Å². The van der Waals surface area contributed by atoms with Crippen LogP contribution < -0.4 is 20.1 Å². The summed E-state index contributed by atoms with van der Waals surface area (Å²) in [7, 11) is 3.27. The van der Waals surface area contributed by atoms with Gasteiger partial charge in [-0.15, -0.1) is 11.3 Å². The van der Waals surface area contributed by atoms with Crippen molar-refractivity contribution in [3.63, 3.8) is 0 Å². The van der Waals surface area contributed by atoms with Gasteiger partial charge in [0.15, 0.2) is 0 Å². The second-order valence-electron chi connectivity index (χ2n) is 7.90. The molecule has 1 atom stereocenters. The van der Waals surface area contributed by atoms with Crippen molar-refractivity contribution in [1.29, 1.82) is 0 Å². The van der Waals surface area contributed by atoms with Gasteiger partial charge in [0.25, 0.3) is 5.91 Å². The Kier molecular flexibility index (Phi) is 7.18. The van der Waals surface area contributed by atoms with Gasteiger partial charge in [-0.3, -0.25) is 4.79 Å². The van der Waals surface area contributed by atoms with Crippen molar-refractivity contribution < 1.29 is 14.3 Å². The van der Waals surface area contributed by atoms with E-state index in [2.05, 4.69) is 36.6 Å². The van der Waals surface area contributed by atoms with E-state index in [9.17, 15) is 4.79 Å². The third kappa shape index (κ3) is 4.92. The first kappa shape index (κ1) is 23.4. The van der Waals surface area contributed by atoms with Crippen LogP contribution in [0.25, 0.3) is 0 Å². The summed E-state index contributed by atoms with van der Waals surface area (Å²) < 4.78 is 11.0. The van der Waals surface area contributed by atoms with Gasteiger partial charge in [0, 0.05) is 22.1 Å². The molecule has 0 aliphatic rings. The van der Waals surface area contributed by atoms with Crippen LogP contribution in [0.2, 0.25) is 0 Å². The number of thiophene rings is 1. The molecule has 0 saturated carbocycles. The Balaban J connectivity index is 1.78. The largest absolute Gasteiger partial charge is 0.497 e. The van der Waals surface area contributed by atoms with Crippen LogP contribution in [0.4, 0.5) is 10.7 Å². The summed E-state index contributed by atoms with van der Waals surface area (Å²) in [6.07, 6.45) is 0. The van der Waals surface area contributed by atoms with E-state index in [1.54, 1.807) is 25.6 Å². The van der Waals surface area contributed by atoms with Gasteiger partial charge >= 0.3 is 0 Å². The van der Waals surface area contributed by atoms with Crippen LogP contribution in [0.15, 0.2) is 78.9 Å². The summed E-state index contributed by atoms with van der Waals surface area (Å²) in [4.78, 5) is 14.2. The quantitative estimate of drug-likeness (QED) is 0.295. The van der Waals surface area contributed by atoms with Crippen molar-refractivity contribution in [2.75, 3.05) is 24.9 Å². The molecule has 6 heteroatoms. The van der Waals surface area contributed by atoms with Crippen LogP contribution in [-0.4, -0.2) is 20.1 Å². The lowest BCUT2D eigenvalue weighted by atomic mass is 9.96. The van der Waals surface area contributed by atoms with E-state index in [4.69, 9.17) is 9.47 Å². The first-order chi connectivity index (χ1) is 16.5. The van der Waals surface area contributed by atoms with Crippen LogP contribution in [0.1, 0.15) is 38.0 Å². The van der Waals surface area contributed by atoms with Crippen molar-refractivity contribution in [3.05, 3.63) is 106 Å². The molecule has 0 fully saturated rings. The standard InChI is InChI=1S/C28H28N2O3S/c1-18-19(2)34-28(30-27(31)21-13-9-6-10-14-21)25(18)26(20-11-7-5-8-12-20)29-23-16-15-22(32-3)17-24(23)33-4/h5-17,26,29H,1-4H3,(H,30,31)/t26-/m1/s1. The maximum absolute atomic E-state index is 13.0. The highest BCUT2D eigenvalue weighted by molar-refractivity contribution is 7.16. The molecule has 0 spiro atoms. The molecule has 5 nitrogen and oxygen atoms in total. The van der Waals surface area contributed by atoms with Gasteiger partial charge in [-0.1, -0.05) is 48.5 Å². The number of nitrogens with one attached hydrogen (secondary N) is 2. The second kappa shape index (κ2) is 10.4. The first-order valence-corrected chi connectivity index (χ1v) is 11.8. The van der Waals surface area contributed by atoms with E-state index in [1.807, 2.05) is 66.7 Å². The van der Waals surface area contributed by atoms with Gasteiger partial charge < -0.3 is 20.1 Å². The molecular formula is C28H28N2O3S. The monoisotopic (exact) mass is 472 g/mol. The van der Waals surface area contributed by atoms with Crippen molar-refractivity contribution in [2.45, 2.75) is 19.9 Å². The molecule has 0 aliphatic carbocycles. The van der Waals surface area contributed by atoms with Gasteiger partial charge in [0.2, 0.25) is 0 Å². The maximum atomic E-state index is 13.0. The maximum Gasteiger partial charge on any atom is 0.256 e. The third-order valence-electron chi connectivity index (χ3n) is 5.83. The van der Waals surface area contributed by atoms with Crippen molar-refractivity contribution in [1.82, 2.24) is 0 Å². The number of hydrogen-bond donors (Lipinski definition) is 2. The molecule has 4 aromatic rings. The smallest absolute Gasteiger partial charge is 0.256 e. The topological polar surface area (TPSA) is 59.6 Å². The Morgan fingerprint density at radius 3 is 2.21 bits per heavy atom. The molecule has 0 aliphatic heterocycles. The highest BCUT2D eigenvalue weighted by Gasteiger charge is 2.25. The van der Waals surface area contributed by atoms with Crippen LogP contribution in [0.3, 0.4) is 0 Å². The number of rotatable bonds is 8. The zero-order valence-corrected chi connectivity index (χ0v) is 20.5. The number of methoxy groups -OCH3 is 2. The van der Waals surface area contributed by atoms with Crippen LogP contribution >= 0.6 is 11.3 Å². The van der Waals surface area contributed by atoms with Gasteiger partial charge in [-0.05, 0) is 49.2 Å². The minimum absolute atomic E-state index is 0.128. The highest BCUT2D eigenvalue weighted by Crippen LogP contribution is 2.42. The summed E-state index contributed by atoms with van der Waals surface area (Å²) in [6.45, 7) is 4.18. The fourth-order valence-corrected chi connectivity index (χ4v) is 4.98. The number of ether oxygens (including phenoxy) is 2. The molecule has 174 valence electrons. The molecule has 0 radical (unpaired) electrons. The van der Waals surface area contributed by atoms with Crippen molar-refractivity contribution in [3.8, 4) is 11.5 Å². The van der Waals surface area contributed by atoms with E-state index in [1.165, 1.54) is 0 Å². The lowest BCUT2D eigenvalue weighted by Crippen LogP contribution is -2.17. The van der Waals surface area contributed by atoms with Gasteiger partial charge in [0.05, 0.1) is 25.9 Å². The molecule has 0 saturated heterocycles. The highest BCUT2D eigenvalue weighted by atomic mass is 32.1. The molecule has 1 aromatic heterocycles. The second-order valence-corrected chi connectivity index (χ2v) is 9.13. The molecular weight excluding hydrogens is 444 g/mol. The summed E-state index contributed by atoms with van der Waals surface area (Å²) in [5, 5.41) is 7.66. The third-order valence-corrected chi connectivity index (χ3v) is 6.96. The zero-order valence-electron chi connectivity index (χ0n) is 19.7. The molecule has 4 rings (SSSR count). The molecule has 1 amide bonds. The van der Waals surface area contributed by atoms with Gasteiger partial charge in [-0.2, -0.15) is 0 Å². The number of carbonyl (C=O) groups is 1. The molecule has 3 aromatic carbocycles. The predicted molar refractivity (Wildman–Crippen MR) is 140 cm³/mol. The number of hydrogen-bond acceptors (Lipinski definition) is 5. The van der Waals surface area contributed by atoms with E-state index < -0.39 is 0 Å². The van der Waals surface area contributed by atoms with Crippen LogP contribution in [0.5, 0.6) is 11.5 Å². The minimum atomic E-state index is -0.209. The first-order valence-electron chi connectivity index (χ1n) is 11.0. The van der Waals surface area contributed by atoms with Crippen LogP contribution in [-0.2, 0) is 0 Å². The van der Waals surface area contributed by atoms with E-state index in [0.29, 0.717) is 11.3 Å². The average Bonchev–Trinajstić information content (AvgIpc) is 3.15. The minimum Gasteiger partial charge on any atom is -0.497 e. The fraction of sp³-hybridized carbons (Fsp3) is 0.179. The Bertz CT molecular complexity index is 1270. The normalized spacial score (nSPS) is 11.5.